The number of methoxy groups -OCH3 is 2. The van der Waals surface area contributed by atoms with Crippen LogP contribution in [0.25, 0.3) is 0 Å². The first-order valence-corrected chi connectivity index (χ1v) is 6.59. The molecular formula is C14H22ClNO2. The lowest BCUT2D eigenvalue weighted by atomic mass is 9.97. The number of rotatable bonds is 7. The number of hydrogen-bond acceptors (Lipinski definition) is 3. The quantitative estimate of drug-likeness (QED) is 0.824. The highest BCUT2D eigenvalue weighted by Crippen LogP contribution is 2.32. The lowest BCUT2D eigenvalue weighted by Gasteiger charge is -2.27. The summed E-state index contributed by atoms with van der Waals surface area (Å²) in [6, 6.07) is 5.73. The molecule has 0 saturated carbocycles. The number of benzene rings is 1. The molecule has 0 saturated heterocycles. The fraction of sp³-hybridized carbons (Fsp3) is 0.571. The maximum Gasteiger partial charge on any atom is 0.123 e. The van der Waals surface area contributed by atoms with Crippen molar-refractivity contribution in [2.75, 3.05) is 21.3 Å². The van der Waals surface area contributed by atoms with Gasteiger partial charge in [0.2, 0.25) is 0 Å². The van der Waals surface area contributed by atoms with E-state index in [0.717, 1.165) is 24.2 Å². The Hall–Kier alpha value is -0.770. The summed E-state index contributed by atoms with van der Waals surface area (Å²) in [4.78, 5) is 0. The molecule has 102 valence electrons. The SMILES string of the molecule is CCCC(OC)C(NC)c1cc(Cl)ccc1OC. The molecule has 0 spiro atoms. The number of ether oxygens (including phenoxy) is 2. The van der Waals surface area contributed by atoms with Gasteiger partial charge in [-0.3, -0.25) is 0 Å². The Labute approximate surface area is 114 Å². The average Bonchev–Trinajstić information content (AvgIpc) is 2.39. The summed E-state index contributed by atoms with van der Waals surface area (Å²) in [5.74, 6) is 0.830. The van der Waals surface area contributed by atoms with E-state index >= 15 is 0 Å². The van der Waals surface area contributed by atoms with Crippen molar-refractivity contribution in [3.05, 3.63) is 28.8 Å². The first kappa shape index (κ1) is 15.3. The Kier molecular flexibility index (Phi) is 6.47. The Morgan fingerprint density at radius 3 is 2.56 bits per heavy atom. The fourth-order valence-corrected chi connectivity index (χ4v) is 2.38. The van der Waals surface area contributed by atoms with E-state index in [1.165, 1.54) is 0 Å². The van der Waals surface area contributed by atoms with Crippen molar-refractivity contribution in [2.24, 2.45) is 0 Å². The van der Waals surface area contributed by atoms with E-state index in [4.69, 9.17) is 21.1 Å². The maximum atomic E-state index is 6.08. The van der Waals surface area contributed by atoms with Crippen LogP contribution < -0.4 is 10.1 Å². The van der Waals surface area contributed by atoms with Crippen molar-refractivity contribution in [3.8, 4) is 5.75 Å². The molecule has 1 aromatic rings. The standard InChI is InChI=1S/C14H22ClNO2/c1-5-6-13(18-4)14(16-2)11-9-10(15)7-8-12(11)17-3/h7-9,13-14,16H,5-6H2,1-4H3. The molecule has 1 rings (SSSR count). The summed E-state index contributed by atoms with van der Waals surface area (Å²) in [6.07, 6.45) is 2.16. The lowest BCUT2D eigenvalue weighted by molar-refractivity contribution is 0.0622. The van der Waals surface area contributed by atoms with Gasteiger partial charge in [0.25, 0.3) is 0 Å². The Morgan fingerprint density at radius 2 is 2.06 bits per heavy atom. The van der Waals surface area contributed by atoms with Gasteiger partial charge < -0.3 is 14.8 Å². The van der Waals surface area contributed by atoms with Crippen LogP contribution in [-0.2, 0) is 4.74 Å². The molecule has 4 heteroatoms. The van der Waals surface area contributed by atoms with Crippen LogP contribution in [0, 0.1) is 0 Å². The van der Waals surface area contributed by atoms with Gasteiger partial charge in [0.05, 0.1) is 19.3 Å². The van der Waals surface area contributed by atoms with Gasteiger partial charge in [-0.25, -0.2) is 0 Å². The van der Waals surface area contributed by atoms with Crippen LogP contribution in [0.2, 0.25) is 5.02 Å². The molecule has 2 unspecified atom stereocenters. The molecule has 0 aliphatic heterocycles. The third-order valence-electron chi connectivity index (χ3n) is 3.09. The second-order valence-corrected chi connectivity index (χ2v) is 4.65. The highest BCUT2D eigenvalue weighted by atomic mass is 35.5. The smallest absolute Gasteiger partial charge is 0.123 e. The molecule has 0 radical (unpaired) electrons. The van der Waals surface area contributed by atoms with Gasteiger partial charge in [0.15, 0.2) is 0 Å². The predicted octanol–water partition coefficient (Wildman–Crippen LogP) is 3.42. The summed E-state index contributed by atoms with van der Waals surface area (Å²) >= 11 is 6.08. The molecule has 0 heterocycles. The van der Waals surface area contributed by atoms with E-state index < -0.39 is 0 Å². The normalized spacial score (nSPS) is 14.3. The third kappa shape index (κ3) is 3.61. The van der Waals surface area contributed by atoms with Crippen molar-refractivity contribution >= 4 is 11.6 Å². The van der Waals surface area contributed by atoms with Gasteiger partial charge in [-0.05, 0) is 31.7 Å². The van der Waals surface area contributed by atoms with Crippen LogP contribution in [0.4, 0.5) is 0 Å². The number of hydrogen-bond donors (Lipinski definition) is 1. The van der Waals surface area contributed by atoms with E-state index in [1.54, 1.807) is 14.2 Å². The molecule has 1 aromatic carbocycles. The first-order valence-electron chi connectivity index (χ1n) is 6.21. The number of nitrogens with one attached hydrogen (secondary N) is 1. The topological polar surface area (TPSA) is 30.5 Å². The van der Waals surface area contributed by atoms with Crippen LogP contribution in [-0.4, -0.2) is 27.4 Å². The maximum absolute atomic E-state index is 6.08. The predicted molar refractivity (Wildman–Crippen MR) is 75.5 cm³/mol. The van der Waals surface area contributed by atoms with E-state index in [0.29, 0.717) is 5.02 Å². The molecular weight excluding hydrogens is 250 g/mol. The minimum absolute atomic E-state index is 0.0728. The monoisotopic (exact) mass is 271 g/mol. The zero-order valence-corrected chi connectivity index (χ0v) is 12.3. The van der Waals surface area contributed by atoms with E-state index in [2.05, 4.69) is 12.2 Å². The van der Waals surface area contributed by atoms with E-state index in [9.17, 15) is 0 Å². The van der Waals surface area contributed by atoms with Crippen LogP contribution in [0.3, 0.4) is 0 Å². The Morgan fingerprint density at radius 1 is 1.33 bits per heavy atom. The first-order chi connectivity index (χ1) is 8.67. The summed E-state index contributed by atoms with van der Waals surface area (Å²) < 4.78 is 11.0. The molecule has 18 heavy (non-hydrogen) atoms. The molecule has 0 aliphatic carbocycles. The molecule has 0 aliphatic rings. The average molecular weight is 272 g/mol. The van der Waals surface area contributed by atoms with Crippen molar-refractivity contribution in [2.45, 2.75) is 31.9 Å². The van der Waals surface area contributed by atoms with Crippen molar-refractivity contribution in [1.82, 2.24) is 5.32 Å². The Balaban J connectivity index is 3.09. The van der Waals surface area contributed by atoms with E-state index in [-0.39, 0.29) is 12.1 Å². The summed E-state index contributed by atoms with van der Waals surface area (Å²) in [7, 11) is 5.33. The number of halogens is 1. The molecule has 2 atom stereocenters. The second-order valence-electron chi connectivity index (χ2n) is 4.22. The minimum atomic E-state index is 0.0728. The molecule has 0 amide bonds. The van der Waals surface area contributed by atoms with Crippen molar-refractivity contribution < 1.29 is 9.47 Å². The molecule has 0 fully saturated rings. The van der Waals surface area contributed by atoms with Gasteiger partial charge in [-0.15, -0.1) is 0 Å². The molecule has 0 bridgehead atoms. The van der Waals surface area contributed by atoms with Crippen molar-refractivity contribution in [3.63, 3.8) is 0 Å². The van der Waals surface area contributed by atoms with Crippen LogP contribution >= 0.6 is 11.6 Å². The van der Waals surface area contributed by atoms with Gasteiger partial charge in [-0.1, -0.05) is 24.9 Å². The summed E-state index contributed by atoms with van der Waals surface area (Å²) in [6.45, 7) is 2.15. The fourth-order valence-electron chi connectivity index (χ4n) is 2.20. The highest BCUT2D eigenvalue weighted by Gasteiger charge is 2.24. The molecule has 3 nitrogen and oxygen atoms in total. The van der Waals surface area contributed by atoms with E-state index in [1.807, 2.05) is 25.2 Å². The molecule has 0 aromatic heterocycles. The van der Waals surface area contributed by atoms with Gasteiger partial charge in [-0.2, -0.15) is 0 Å². The van der Waals surface area contributed by atoms with Crippen LogP contribution in [0.5, 0.6) is 5.75 Å². The lowest BCUT2D eigenvalue weighted by Crippen LogP contribution is -2.31. The van der Waals surface area contributed by atoms with Crippen molar-refractivity contribution in [1.29, 1.82) is 0 Å². The van der Waals surface area contributed by atoms with Gasteiger partial charge in [0.1, 0.15) is 5.75 Å². The van der Waals surface area contributed by atoms with Crippen LogP contribution in [0.1, 0.15) is 31.4 Å². The minimum Gasteiger partial charge on any atom is -0.496 e. The summed E-state index contributed by atoms with van der Waals surface area (Å²) in [5, 5.41) is 4.00. The summed E-state index contributed by atoms with van der Waals surface area (Å²) in [5.41, 5.74) is 1.04. The van der Waals surface area contributed by atoms with Gasteiger partial charge >= 0.3 is 0 Å². The zero-order chi connectivity index (χ0) is 13.5. The Bertz CT molecular complexity index is 371. The zero-order valence-electron chi connectivity index (χ0n) is 11.5. The second kappa shape index (κ2) is 7.62. The van der Waals surface area contributed by atoms with Gasteiger partial charge in [0, 0.05) is 17.7 Å². The highest BCUT2D eigenvalue weighted by molar-refractivity contribution is 6.30. The number of likely N-dealkylation sites (N-methyl/N-ethyl adjacent to an activating group) is 1. The third-order valence-corrected chi connectivity index (χ3v) is 3.32. The molecule has 1 N–H and O–H groups in total. The van der Waals surface area contributed by atoms with Crippen LogP contribution in [0.15, 0.2) is 18.2 Å². The largest absolute Gasteiger partial charge is 0.496 e.